The molecule has 0 amide bonds. The first-order chi connectivity index (χ1) is 17.9. The summed E-state index contributed by atoms with van der Waals surface area (Å²) in [6, 6.07) is 0. The summed E-state index contributed by atoms with van der Waals surface area (Å²) in [5.74, 6) is -13.6. The lowest BCUT2D eigenvalue weighted by Gasteiger charge is -2.31. The molecular formula is C23H31F5N4O6. The maximum absolute atomic E-state index is 14.3. The van der Waals surface area contributed by atoms with Crippen LogP contribution in [0.2, 0.25) is 0 Å². The quantitative estimate of drug-likeness (QED) is 0.245. The van der Waals surface area contributed by atoms with Crippen molar-refractivity contribution in [2.24, 2.45) is 0 Å². The first-order valence-electron chi connectivity index (χ1n) is 11.9. The normalized spacial score (nSPS) is 18.2. The Hall–Kier alpha value is -2.88. The number of nitrogens with zero attached hydrogens (tertiary/aromatic N) is 4. The van der Waals surface area contributed by atoms with Crippen molar-refractivity contribution in [1.29, 1.82) is 0 Å². The highest BCUT2D eigenvalue weighted by atomic mass is 19.2. The van der Waals surface area contributed by atoms with Crippen LogP contribution in [0.1, 0.15) is 18.4 Å². The Morgan fingerprint density at radius 3 is 1.13 bits per heavy atom. The fourth-order valence-electron chi connectivity index (χ4n) is 4.27. The number of rotatable bonds is 8. The smallest absolute Gasteiger partial charge is 0.317 e. The highest BCUT2D eigenvalue weighted by Gasteiger charge is 2.27. The van der Waals surface area contributed by atoms with Gasteiger partial charge in [0, 0.05) is 57.9 Å². The summed E-state index contributed by atoms with van der Waals surface area (Å²) in [4.78, 5) is 40.0. The molecule has 15 heteroatoms. The minimum absolute atomic E-state index is 0.0184. The van der Waals surface area contributed by atoms with Gasteiger partial charge < -0.3 is 15.3 Å². The Kier molecular flexibility index (Phi) is 12.3. The molecule has 0 aliphatic carbocycles. The van der Waals surface area contributed by atoms with Crippen LogP contribution in [-0.2, 0) is 20.9 Å². The standard InChI is InChI=1S/C23H31F5N4O6/c24-19-15(20(25)22(27)23(28)21(19)26)11-29-3-1-4-31(13-17(35)36)9-10-32(14-18(37)38)6-2-5-30(8-7-29)12-16(33)34/h1-14H2,(H,33,34)(H,35,36)(H,37,38). The highest BCUT2D eigenvalue weighted by Crippen LogP contribution is 2.24. The molecule has 38 heavy (non-hydrogen) atoms. The molecule has 1 aliphatic rings. The van der Waals surface area contributed by atoms with Gasteiger partial charge in [0.1, 0.15) is 0 Å². The van der Waals surface area contributed by atoms with E-state index >= 15 is 0 Å². The average Bonchev–Trinajstić information content (AvgIpc) is 2.83. The van der Waals surface area contributed by atoms with E-state index in [-0.39, 0.29) is 78.4 Å². The second-order valence-corrected chi connectivity index (χ2v) is 9.04. The summed E-state index contributed by atoms with van der Waals surface area (Å²) in [7, 11) is 0. The Labute approximate surface area is 215 Å². The number of halogens is 5. The summed E-state index contributed by atoms with van der Waals surface area (Å²) in [5, 5.41) is 27.7. The number of hydrogen-bond donors (Lipinski definition) is 3. The van der Waals surface area contributed by atoms with Crippen molar-refractivity contribution in [2.45, 2.75) is 19.4 Å². The molecule has 1 aliphatic heterocycles. The molecule has 0 bridgehead atoms. The molecule has 1 aromatic carbocycles. The second kappa shape index (κ2) is 14.9. The lowest BCUT2D eigenvalue weighted by Crippen LogP contribution is -2.44. The molecule has 2 rings (SSSR count). The van der Waals surface area contributed by atoms with Gasteiger partial charge >= 0.3 is 17.9 Å². The van der Waals surface area contributed by atoms with Gasteiger partial charge in [-0.15, -0.1) is 0 Å². The van der Waals surface area contributed by atoms with Gasteiger partial charge in [-0.3, -0.25) is 34.0 Å². The molecule has 1 aromatic rings. The zero-order chi connectivity index (χ0) is 28.4. The summed E-state index contributed by atoms with van der Waals surface area (Å²) in [6.45, 7) is -0.308. The zero-order valence-corrected chi connectivity index (χ0v) is 20.6. The molecule has 10 nitrogen and oxygen atoms in total. The molecule has 1 heterocycles. The summed E-state index contributed by atoms with van der Waals surface area (Å²) >= 11 is 0. The van der Waals surface area contributed by atoms with Crippen molar-refractivity contribution in [3.8, 4) is 0 Å². The van der Waals surface area contributed by atoms with E-state index in [2.05, 4.69) is 0 Å². The fourth-order valence-corrected chi connectivity index (χ4v) is 4.27. The van der Waals surface area contributed by atoms with Crippen LogP contribution in [0.25, 0.3) is 0 Å². The Balaban J connectivity index is 2.28. The number of aliphatic carboxylic acids is 3. The minimum Gasteiger partial charge on any atom is -0.480 e. The zero-order valence-electron chi connectivity index (χ0n) is 20.6. The molecule has 214 valence electrons. The highest BCUT2D eigenvalue weighted by molar-refractivity contribution is 5.69. The molecule has 1 fully saturated rings. The molecule has 0 aromatic heterocycles. The number of hydrogen-bond acceptors (Lipinski definition) is 7. The molecule has 1 saturated heterocycles. The predicted octanol–water partition coefficient (Wildman–Crippen LogP) is 1.14. The van der Waals surface area contributed by atoms with Crippen molar-refractivity contribution in [3.05, 3.63) is 34.6 Å². The van der Waals surface area contributed by atoms with Gasteiger partial charge in [-0.25, -0.2) is 22.0 Å². The van der Waals surface area contributed by atoms with Gasteiger partial charge in [0.25, 0.3) is 0 Å². The summed E-state index contributed by atoms with van der Waals surface area (Å²) in [5.41, 5.74) is -1.01. The van der Waals surface area contributed by atoms with Crippen molar-refractivity contribution >= 4 is 17.9 Å². The molecule has 0 radical (unpaired) electrons. The van der Waals surface area contributed by atoms with Crippen LogP contribution in [0.15, 0.2) is 0 Å². The third-order valence-corrected chi connectivity index (χ3v) is 6.12. The van der Waals surface area contributed by atoms with Crippen molar-refractivity contribution in [1.82, 2.24) is 19.6 Å². The summed E-state index contributed by atoms with van der Waals surface area (Å²) in [6.07, 6.45) is 0.623. The van der Waals surface area contributed by atoms with Crippen molar-refractivity contribution < 1.29 is 51.7 Å². The lowest BCUT2D eigenvalue weighted by atomic mass is 10.1. The largest absolute Gasteiger partial charge is 0.480 e. The van der Waals surface area contributed by atoms with Crippen LogP contribution < -0.4 is 0 Å². The third kappa shape index (κ3) is 9.78. The number of carbonyl (C=O) groups is 3. The maximum Gasteiger partial charge on any atom is 0.317 e. The maximum atomic E-state index is 14.3. The first-order valence-corrected chi connectivity index (χ1v) is 11.9. The van der Waals surface area contributed by atoms with Crippen LogP contribution >= 0.6 is 0 Å². The van der Waals surface area contributed by atoms with Crippen LogP contribution in [0.3, 0.4) is 0 Å². The van der Waals surface area contributed by atoms with Crippen LogP contribution in [-0.4, -0.2) is 125 Å². The predicted molar refractivity (Wildman–Crippen MR) is 123 cm³/mol. The van der Waals surface area contributed by atoms with Crippen molar-refractivity contribution in [3.63, 3.8) is 0 Å². The third-order valence-electron chi connectivity index (χ3n) is 6.12. The van der Waals surface area contributed by atoms with E-state index in [1.165, 1.54) is 9.80 Å². The monoisotopic (exact) mass is 554 g/mol. The fraction of sp³-hybridized carbons (Fsp3) is 0.609. The van der Waals surface area contributed by atoms with Gasteiger partial charge in [-0.1, -0.05) is 0 Å². The molecular weight excluding hydrogens is 523 g/mol. The topological polar surface area (TPSA) is 125 Å². The van der Waals surface area contributed by atoms with Gasteiger partial charge in [-0.05, 0) is 19.4 Å². The van der Waals surface area contributed by atoms with E-state index in [4.69, 9.17) is 0 Å². The van der Waals surface area contributed by atoms with E-state index in [0.29, 0.717) is 6.42 Å². The Morgan fingerprint density at radius 2 is 0.789 bits per heavy atom. The van der Waals surface area contributed by atoms with Gasteiger partial charge in [0.2, 0.25) is 5.82 Å². The Bertz CT molecular complexity index is 973. The van der Waals surface area contributed by atoms with Crippen LogP contribution in [0.4, 0.5) is 22.0 Å². The lowest BCUT2D eigenvalue weighted by molar-refractivity contribution is -0.140. The molecule has 0 atom stereocenters. The number of carboxylic acid groups (broad SMARTS) is 3. The van der Waals surface area contributed by atoms with Crippen LogP contribution in [0.5, 0.6) is 0 Å². The van der Waals surface area contributed by atoms with E-state index in [9.17, 15) is 51.7 Å². The molecule has 0 unspecified atom stereocenters. The molecule has 0 saturated carbocycles. The molecule has 0 spiro atoms. The molecule has 3 N–H and O–H groups in total. The van der Waals surface area contributed by atoms with Gasteiger partial charge in [0.05, 0.1) is 19.6 Å². The average molecular weight is 555 g/mol. The number of benzene rings is 1. The Morgan fingerprint density at radius 1 is 0.500 bits per heavy atom. The van der Waals surface area contributed by atoms with Gasteiger partial charge in [0.15, 0.2) is 23.3 Å². The number of carboxylic acids is 3. The van der Waals surface area contributed by atoms with E-state index in [1.807, 2.05) is 0 Å². The first kappa shape index (κ1) is 31.3. The van der Waals surface area contributed by atoms with E-state index < -0.39 is 59.1 Å². The van der Waals surface area contributed by atoms with Crippen molar-refractivity contribution in [2.75, 3.05) is 72.0 Å². The van der Waals surface area contributed by atoms with E-state index in [1.54, 1.807) is 9.80 Å². The summed E-state index contributed by atoms with van der Waals surface area (Å²) < 4.78 is 69.6. The second-order valence-electron chi connectivity index (χ2n) is 9.04. The minimum atomic E-state index is -2.27. The van der Waals surface area contributed by atoms with Crippen LogP contribution in [0, 0.1) is 29.1 Å². The van der Waals surface area contributed by atoms with E-state index in [0.717, 1.165) is 0 Å². The SMILES string of the molecule is O=C(O)CN1CCCN(CC(=O)O)CCN(Cc2c(F)c(F)c(F)c(F)c2F)CCCN(CC(=O)O)CC1. The van der Waals surface area contributed by atoms with Gasteiger partial charge in [-0.2, -0.15) is 0 Å².